The quantitative estimate of drug-likeness (QED) is 0.249. The van der Waals surface area contributed by atoms with E-state index in [1.807, 2.05) is 0 Å². The molecule has 57 heavy (non-hydrogen) atoms. The first-order valence-corrected chi connectivity index (χ1v) is 28.0. The standard InChI is InChI=1S/C56H93N/c1-4-14-38(15-5-1)41-26-30-46(31-27-41)57(47-32-28-42(29-33-47)39-16-6-2-7-17-39)55-25-13-24-50-52(55)37-54-48-22-11-10-20-44(48)35-53(56(50)54)49-23-12-21-43-34-45(36-51(43)49)40-18-8-3-9-19-40/h38-56H,1-37H2. The van der Waals surface area contributed by atoms with Crippen LogP contribution in [-0.4, -0.2) is 23.0 Å². The molecule has 0 bridgehead atoms. The number of rotatable bonds is 7. The molecule has 1 heteroatoms. The molecule has 1 nitrogen and oxygen atoms in total. The monoisotopic (exact) mass is 780 g/mol. The first-order valence-electron chi connectivity index (χ1n) is 28.0. The van der Waals surface area contributed by atoms with Crippen molar-refractivity contribution in [1.29, 1.82) is 0 Å². The van der Waals surface area contributed by atoms with Crippen LogP contribution in [-0.2, 0) is 0 Å². The SMILES string of the molecule is C1CCC(C2CCC(N(C3CCC(C4CCCCC4)CC3)C3CCCC4C3CC3C5CCCCC5CC(C5CCCC6CC(C7CCCCC7)CC65)C34)CC2)CC1. The molecule has 12 unspecified atom stereocenters. The molecule has 0 aromatic heterocycles. The van der Waals surface area contributed by atoms with E-state index in [-0.39, 0.29) is 0 Å². The van der Waals surface area contributed by atoms with Gasteiger partial charge in [0.1, 0.15) is 0 Å². The summed E-state index contributed by atoms with van der Waals surface area (Å²) in [4.78, 5) is 3.51. The molecule has 11 fully saturated rings. The van der Waals surface area contributed by atoms with Crippen molar-refractivity contribution in [2.45, 2.75) is 256 Å². The zero-order chi connectivity index (χ0) is 37.7. The van der Waals surface area contributed by atoms with Gasteiger partial charge in [0, 0.05) is 18.1 Å². The van der Waals surface area contributed by atoms with Crippen LogP contribution in [0.25, 0.3) is 0 Å². The van der Waals surface area contributed by atoms with Crippen LogP contribution in [0.15, 0.2) is 0 Å². The first-order chi connectivity index (χ1) is 28.3. The summed E-state index contributed by atoms with van der Waals surface area (Å²) in [7, 11) is 0. The molecule has 11 aliphatic rings. The Morgan fingerprint density at radius 1 is 0.211 bits per heavy atom. The molecule has 0 heterocycles. The van der Waals surface area contributed by atoms with Crippen LogP contribution >= 0.6 is 0 Å². The lowest BCUT2D eigenvalue weighted by molar-refractivity contribution is -0.0564. The van der Waals surface area contributed by atoms with Crippen LogP contribution < -0.4 is 0 Å². The van der Waals surface area contributed by atoms with E-state index in [0.29, 0.717) is 0 Å². The largest absolute Gasteiger partial charge is 0.294 e. The van der Waals surface area contributed by atoms with Gasteiger partial charge in [0.25, 0.3) is 0 Å². The molecule has 0 amide bonds. The third-order valence-electron chi connectivity index (χ3n) is 22.9. The van der Waals surface area contributed by atoms with Gasteiger partial charge in [0.05, 0.1) is 0 Å². The van der Waals surface area contributed by atoms with E-state index in [1.165, 1.54) is 19.3 Å². The molecule has 0 spiro atoms. The minimum atomic E-state index is 0.931. The van der Waals surface area contributed by atoms with Gasteiger partial charge in [-0.05, 0) is 197 Å². The minimum absolute atomic E-state index is 0.931. The summed E-state index contributed by atoms with van der Waals surface area (Å²) in [5.74, 6) is 17.7. The van der Waals surface area contributed by atoms with E-state index in [0.717, 1.165) is 113 Å². The predicted molar refractivity (Wildman–Crippen MR) is 240 cm³/mol. The van der Waals surface area contributed by atoms with Crippen LogP contribution in [0.3, 0.4) is 0 Å². The van der Waals surface area contributed by atoms with Gasteiger partial charge in [-0.25, -0.2) is 0 Å². The lowest BCUT2D eigenvalue weighted by atomic mass is 9.52. The highest BCUT2D eigenvalue weighted by Gasteiger charge is 2.60. The Balaban J connectivity index is 0.857. The highest BCUT2D eigenvalue weighted by atomic mass is 15.2. The van der Waals surface area contributed by atoms with Crippen molar-refractivity contribution >= 4 is 0 Å². The molecule has 11 rings (SSSR count). The van der Waals surface area contributed by atoms with Gasteiger partial charge in [-0.3, -0.25) is 4.90 Å². The molecule has 0 aromatic rings. The highest BCUT2D eigenvalue weighted by Crippen LogP contribution is 2.66. The fourth-order valence-corrected chi connectivity index (χ4v) is 20.6. The van der Waals surface area contributed by atoms with Crippen molar-refractivity contribution in [2.24, 2.45) is 94.7 Å². The minimum Gasteiger partial charge on any atom is -0.294 e. The maximum absolute atomic E-state index is 3.51. The van der Waals surface area contributed by atoms with Crippen LogP contribution in [0.2, 0.25) is 0 Å². The summed E-state index contributed by atoms with van der Waals surface area (Å²) >= 11 is 0. The lowest BCUT2D eigenvalue weighted by Crippen LogP contribution is -2.56. The van der Waals surface area contributed by atoms with E-state index in [1.54, 1.807) is 218 Å². The van der Waals surface area contributed by atoms with Crippen molar-refractivity contribution < 1.29 is 0 Å². The Hall–Kier alpha value is -0.0400. The fraction of sp³-hybridized carbons (Fsp3) is 1.00. The molecule has 12 atom stereocenters. The Morgan fingerprint density at radius 3 is 1.26 bits per heavy atom. The van der Waals surface area contributed by atoms with Gasteiger partial charge in [0.15, 0.2) is 0 Å². The van der Waals surface area contributed by atoms with Gasteiger partial charge in [0.2, 0.25) is 0 Å². The van der Waals surface area contributed by atoms with E-state index >= 15 is 0 Å². The molecular formula is C56H93N. The molecule has 11 aliphatic carbocycles. The summed E-state index contributed by atoms with van der Waals surface area (Å²) in [6.45, 7) is 0. The normalized spacial score (nSPS) is 49.2. The van der Waals surface area contributed by atoms with Gasteiger partial charge >= 0.3 is 0 Å². The Morgan fingerprint density at radius 2 is 0.632 bits per heavy atom. The topological polar surface area (TPSA) is 3.24 Å². The lowest BCUT2D eigenvalue weighted by Gasteiger charge is -2.55. The second-order valence-electron chi connectivity index (χ2n) is 24.9. The number of hydrogen-bond donors (Lipinski definition) is 0. The molecule has 322 valence electrons. The summed E-state index contributed by atoms with van der Waals surface area (Å²) in [5, 5.41) is 0. The number of fused-ring (bicyclic) bond motifs is 6. The Bertz CT molecular complexity index is 1220. The van der Waals surface area contributed by atoms with Crippen molar-refractivity contribution in [3.63, 3.8) is 0 Å². The molecule has 0 saturated heterocycles. The van der Waals surface area contributed by atoms with Gasteiger partial charge in [-0.15, -0.1) is 0 Å². The van der Waals surface area contributed by atoms with E-state index in [4.69, 9.17) is 0 Å². The summed E-state index contributed by atoms with van der Waals surface area (Å²) in [5.41, 5.74) is 0. The molecule has 0 aliphatic heterocycles. The average Bonchev–Trinajstić information content (AvgIpc) is 3.91. The van der Waals surface area contributed by atoms with E-state index < -0.39 is 0 Å². The fourth-order valence-electron chi connectivity index (χ4n) is 20.6. The van der Waals surface area contributed by atoms with Crippen LogP contribution in [0, 0.1) is 94.7 Å². The Labute approximate surface area is 354 Å². The maximum Gasteiger partial charge on any atom is 0.0132 e. The van der Waals surface area contributed by atoms with E-state index in [9.17, 15) is 0 Å². The summed E-state index contributed by atoms with van der Waals surface area (Å²) < 4.78 is 0. The molecule has 0 N–H and O–H groups in total. The predicted octanol–water partition coefficient (Wildman–Crippen LogP) is 15.8. The smallest absolute Gasteiger partial charge is 0.0132 e. The molecule has 11 saturated carbocycles. The number of hydrogen-bond acceptors (Lipinski definition) is 1. The average molecular weight is 780 g/mol. The molecule has 0 aromatic carbocycles. The summed E-state index contributed by atoms with van der Waals surface area (Å²) in [6.07, 6.45) is 58.8. The molecule has 0 radical (unpaired) electrons. The van der Waals surface area contributed by atoms with Gasteiger partial charge < -0.3 is 0 Å². The van der Waals surface area contributed by atoms with Gasteiger partial charge in [-0.2, -0.15) is 0 Å². The number of nitrogens with zero attached hydrogens (tertiary/aromatic N) is 1. The van der Waals surface area contributed by atoms with Gasteiger partial charge in [-0.1, -0.05) is 135 Å². The van der Waals surface area contributed by atoms with Crippen LogP contribution in [0.1, 0.15) is 238 Å². The highest BCUT2D eigenvalue weighted by molar-refractivity contribution is 5.10. The maximum atomic E-state index is 3.51. The van der Waals surface area contributed by atoms with Crippen LogP contribution in [0.4, 0.5) is 0 Å². The van der Waals surface area contributed by atoms with Crippen LogP contribution in [0.5, 0.6) is 0 Å². The second kappa shape index (κ2) is 18.0. The first kappa shape index (κ1) is 39.8. The third-order valence-corrected chi connectivity index (χ3v) is 22.9. The Kier molecular flexibility index (Phi) is 12.5. The van der Waals surface area contributed by atoms with Crippen molar-refractivity contribution in [1.82, 2.24) is 4.90 Å². The van der Waals surface area contributed by atoms with Crippen molar-refractivity contribution in [3.8, 4) is 0 Å². The zero-order valence-corrected chi connectivity index (χ0v) is 37.6. The third kappa shape index (κ3) is 7.97. The second-order valence-corrected chi connectivity index (χ2v) is 24.9. The summed E-state index contributed by atoms with van der Waals surface area (Å²) in [6, 6.07) is 2.81. The van der Waals surface area contributed by atoms with E-state index in [2.05, 4.69) is 4.90 Å². The van der Waals surface area contributed by atoms with Crippen molar-refractivity contribution in [2.75, 3.05) is 0 Å². The zero-order valence-electron chi connectivity index (χ0n) is 37.6. The van der Waals surface area contributed by atoms with Crippen molar-refractivity contribution in [3.05, 3.63) is 0 Å². The molecular weight excluding hydrogens is 687 g/mol.